The van der Waals surface area contributed by atoms with Crippen molar-refractivity contribution >= 4 is 63.8 Å². The summed E-state index contributed by atoms with van der Waals surface area (Å²) < 4.78 is 10.6. The molecule has 0 unspecified atom stereocenters. The Morgan fingerprint density at radius 2 is 1.70 bits per heavy atom. The molecule has 2 aromatic carbocycles. The molecule has 2 aliphatic heterocycles. The summed E-state index contributed by atoms with van der Waals surface area (Å²) in [6.07, 6.45) is 1.52. The maximum absolute atomic E-state index is 12.7. The number of amides is 2. The van der Waals surface area contributed by atoms with E-state index in [0.29, 0.717) is 37.7 Å². The topological polar surface area (TPSA) is 55.8 Å². The molecule has 2 heterocycles. The van der Waals surface area contributed by atoms with Gasteiger partial charge < -0.3 is 9.47 Å². The van der Waals surface area contributed by atoms with E-state index in [2.05, 4.69) is 0 Å². The third-order valence-corrected chi connectivity index (χ3v) is 5.94. The minimum Gasteiger partial charge on any atom is -0.454 e. The molecule has 0 aromatic heterocycles. The van der Waals surface area contributed by atoms with Crippen molar-refractivity contribution in [1.29, 1.82) is 0 Å². The van der Waals surface area contributed by atoms with Crippen LogP contribution >= 0.6 is 46.6 Å². The lowest BCUT2D eigenvalue weighted by molar-refractivity contribution is -0.123. The van der Waals surface area contributed by atoms with Crippen LogP contribution in [0.1, 0.15) is 11.1 Å². The van der Waals surface area contributed by atoms with Crippen molar-refractivity contribution in [1.82, 2.24) is 4.90 Å². The molecular weight excluding hydrogens is 433 g/mol. The summed E-state index contributed by atoms with van der Waals surface area (Å²) >= 11 is 19.4. The van der Waals surface area contributed by atoms with E-state index in [1.807, 2.05) is 0 Å². The fourth-order valence-electron chi connectivity index (χ4n) is 2.67. The smallest absolute Gasteiger partial charge is 0.293 e. The lowest BCUT2D eigenvalue weighted by Gasteiger charge is -2.14. The van der Waals surface area contributed by atoms with E-state index in [0.717, 1.165) is 16.7 Å². The largest absolute Gasteiger partial charge is 0.454 e. The molecule has 0 atom stereocenters. The number of fused-ring (bicyclic) bond motifs is 1. The van der Waals surface area contributed by atoms with E-state index in [1.54, 1.807) is 30.3 Å². The average molecular weight is 443 g/mol. The number of halogens is 3. The Hall–Kier alpha value is -1.86. The number of hydrogen-bond donors (Lipinski definition) is 0. The number of nitrogens with zero attached hydrogens (tertiary/aromatic N) is 1. The molecule has 0 saturated carbocycles. The first kappa shape index (κ1) is 18.5. The van der Waals surface area contributed by atoms with Gasteiger partial charge in [0.1, 0.15) is 0 Å². The van der Waals surface area contributed by atoms with E-state index < -0.39 is 11.1 Å². The zero-order valence-corrected chi connectivity index (χ0v) is 16.6. The molecule has 1 saturated heterocycles. The van der Waals surface area contributed by atoms with Crippen LogP contribution in [0.2, 0.25) is 15.1 Å². The molecule has 0 N–H and O–H groups in total. The summed E-state index contributed by atoms with van der Waals surface area (Å²) in [4.78, 5) is 26.4. The highest BCUT2D eigenvalue weighted by Crippen LogP contribution is 2.40. The van der Waals surface area contributed by atoms with Crippen LogP contribution in [-0.4, -0.2) is 22.8 Å². The van der Waals surface area contributed by atoms with Crippen LogP contribution < -0.4 is 9.47 Å². The SMILES string of the molecule is O=C1S/C(=C/c2c(Cl)cccc2Cl)C(=O)N1Cc1cc2c(cc1Cl)OCO2. The Kier molecular flexibility index (Phi) is 4.99. The van der Waals surface area contributed by atoms with Crippen LogP contribution in [0.25, 0.3) is 6.08 Å². The van der Waals surface area contributed by atoms with Gasteiger partial charge in [0.25, 0.3) is 11.1 Å². The Labute approximate surface area is 173 Å². The lowest BCUT2D eigenvalue weighted by atomic mass is 10.1. The first-order valence-electron chi connectivity index (χ1n) is 7.71. The van der Waals surface area contributed by atoms with Gasteiger partial charge in [-0.25, -0.2) is 0 Å². The number of benzene rings is 2. The second kappa shape index (κ2) is 7.28. The molecule has 4 rings (SSSR count). The second-order valence-corrected chi connectivity index (χ2v) is 7.91. The zero-order valence-electron chi connectivity index (χ0n) is 13.5. The van der Waals surface area contributed by atoms with Crippen LogP contribution in [0.15, 0.2) is 35.2 Å². The zero-order chi connectivity index (χ0) is 19.1. The van der Waals surface area contributed by atoms with Gasteiger partial charge in [-0.05, 0) is 41.6 Å². The maximum atomic E-state index is 12.7. The van der Waals surface area contributed by atoms with Crippen molar-refractivity contribution < 1.29 is 19.1 Å². The average Bonchev–Trinajstić information content (AvgIpc) is 3.17. The highest BCUT2D eigenvalue weighted by Gasteiger charge is 2.36. The predicted molar refractivity (Wildman–Crippen MR) is 106 cm³/mol. The number of thioether (sulfide) groups is 1. The van der Waals surface area contributed by atoms with E-state index in [9.17, 15) is 9.59 Å². The molecule has 5 nitrogen and oxygen atoms in total. The highest BCUT2D eigenvalue weighted by molar-refractivity contribution is 8.18. The Bertz CT molecular complexity index is 988. The number of ether oxygens (including phenoxy) is 2. The van der Waals surface area contributed by atoms with Gasteiger partial charge in [0.05, 0.1) is 11.4 Å². The molecule has 27 heavy (non-hydrogen) atoms. The van der Waals surface area contributed by atoms with Crippen LogP contribution in [-0.2, 0) is 11.3 Å². The first-order valence-corrected chi connectivity index (χ1v) is 9.66. The normalized spacial score (nSPS) is 17.3. The van der Waals surface area contributed by atoms with Crippen molar-refractivity contribution in [3.8, 4) is 11.5 Å². The van der Waals surface area contributed by atoms with Crippen molar-refractivity contribution in [3.05, 3.63) is 61.4 Å². The fraction of sp³-hybridized carbons (Fsp3) is 0.111. The molecule has 2 amide bonds. The van der Waals surface area contributed by atoms with Crippen molar-refractivity contribution in [3.63, 3.8) is 0 Å². The summed E-state index contributed by atoms with van der Waals surface area (Å²) in [6, 6.07) is 8.31. The number of rotatable bonds is 3. The quantitative estimate of drug-likeness (QED) is 0.578. The number of imide groups is 1. The van der Waals surface area contributed by atoms with Crippen LogP contribution in [0.3, 0.4) is 0 Å². The maximum Gasteiger partial charge on any atom is 0.293 e. The third kappa shape index (κ3) is 3.50. The molecule has 9 heteroatoms. The monoisotopic (exact) mass is 441 g/mol. The molecule has 2 aliphatic rings. The Morgan fingerprint density at radius 1 is 1.04 bits per heavy atom. The van der Waals surface area contributed by atoms with E-state index in [4.69, 9.17) is 44.3 Å². The van der Waals surface area contributed by atoms with E-state index >= 15 is 0 Å². The number of carbonyl (C=O) groups excluding carboxylic acids is 2. The lowest BCUT2D eigenvalue weighted by Crippen LogP contribution is -2.27. The molecule has 138 valence electrons. The van der Waals surface area contributed by atoms with Gasteiger partial charge in [-0.2, -0.15) is 0 Å². The summed E-state index contributed by atoms with van der Waals surface area (Å²) in [5.74, 6) is 0.626. The minimum absolute atomic E-state index is 0.0216. The number of carbonyl (C=O) groups is 2. The van der Waals surface area contributed by atoms with E-state index in [-0.39, 0.29) is 18.2 Å². The number of hydrogen-bond acceptors (Lipinski definition) is 5. The first-order chi connectivity index (χ1) is 12.9. The van der Waals surface area contributed by atoms with Crippen LogP contribution in [0.4, 0.5) is 4.79 Å². The van der Waals surface area contributed by atoms with Crippen molar-refractivity contribution in [2.45, 2.75) is 6.54 Å². The van der Waals surface area contributed by atoms with Crippen LogP contribution in [0, 0.1) is 0 Å². The van der Waals surface area contributed by atoms with E-state index in [1.165, 1.54) is 6.08 Å². The van der Waals surface area contributed by atoms with Crippen molar-refractivity contribution in [2.24, 2.45) is 0 Å². The van der Waals surface area contributed by atoms with Gasteiger partial charge in [-0.1, -0.05) is 40.9 Å². The Morgan fingerprint density at radius 3 is 2.41 bits per heavy atom. The van der Waals surface area contributed by atoms with Crippen molar-refractivity contribution in [2.75, 3.05) is 6.79 Å². The van der Waals surface area contributed by atoms with Gasteiger partial charge in [0.2, 0.25) is 6.79 Å². The van der Waals surface area contributed by atoms with Gasteiger partial charge in [0.15, 0.2) is 11.5 Å². The van der Waals surface area contributed by atoms with Gasteiger partial charge >= 0.3 is 0 Å². The van der Waals surface area contributed by atoms with Gasteiger partial charge in [-0.15, -0.1) is 0 Å². The molecule has 0 aliphatic carbocycles. The third-order valence-electron chi connectivity index (χ3n) is 4.02. The molecule has 0 spiro atoms. The molecule has 0 radical (unpaired) electrons. The summed E-state index contributed by atoms with van der Waals surface area (Å²) in [5, 5.41) is 0.779. The summed E-state index contributed by atoms with van der Waals surface area (Å²) in [5.41, 5.74) is 1.08. The molecular formula is C18H10Cl3NO4S. The minimum atomic E-state index is -0.435. The second-order valence-electron chi connectivity index (χ2n) is 5.70. The Balaban J connectivity index is 1.62. The summed E-state index contributed by atoms with van der Waals surface area (Å²) in [7, 11) is 0. The van der Waals surface area contributed by atoms with Gasteiger partial charge in [0, 0.05) is 26.7 Å². The van der Waals surface area contributed by atoms with Gasteiger partial charge in [-0.3, -0.25) is 14.5 Å². The highest BCUT2D eigenvalue weighted by atomic mass is 35.5. The van der Waals surface area contributed by atoms with Crippen LogP contribution in [0.5, 0.6) is 11.5 Å². The fourth-order valence-corrected chi connectivity index (χ4v) is 4.21. The standard InChI is InChI=1S/C18H10Cl3NO4S/c19-11-2-1-3-12(20)10(11)5-16-17(23)22(18(24)27-16)7-9-4-14-15(6-13(9)21)26-8-25-14/h1-6H,7-8H2/b16-5+. The molecule has 1 fully saturated rings. The predicted octanol–water partition coefficient (Wildman–Crippen LogP) is 5.61. The molecule has 0 bridgehead atoms. The molecule has 2 aromatic rings. The summed E-state index contributed by atoms with van der Waals surface area (Å²) in [6.45, 7) is 0.131.